The van der Waals surface area contributed by atoms with E-state index in [9.17, 15) is 4.39 Å². The molecule has 1 heterocycles. The number of oxazole rings is 1. The molecular formula is C20H21FN2O2. The standard InChI is InChI=1S/C20H21FN2O2/c1-14(17-6-4-5-7-18(17)24-3)23(2)13-20-22-12-19(25-20)15-8-10-16(21)11-9-15/h4-12,14H,13H2,1-3H3/t14-/m0/s1. The molecule has 4 nitrogen and oxygen atoms in total. The molecule has 0 aliphatic rings. The zero-order valence-corrected chi connectivity index (χ0v) is 14.6. The van der Waals surface area contributed by atoms with Gasteiger partial charge in [-0.25, -0.2) is 9.37 Å². The van der Waals surface area contributed by atoms with Crippen molar-refractivity contribution in [3.8, 4) is 17.1 Å². The van der Waals surface area contributed by atoms with Crippen LogP contribution >= 0.6 is 0 Å². The average Bonchev–Trinajstić information content (AvgIpc) is 3.10. The highest BCUT2D eigenvalue weighted by Gasteiger charge is 2.18. The van der Waals surface area contributed by atoms with Gasteiger partial charge in [-0.1, -0.05) is 18.2 Å². The molecule has 0 aliphatic carbocycles. The summed E-state index contributed by atoms with van der Waals surface area (Å²) < 4.78 is 24.3. The normalized spacial score (nSPS) is 12.4. The molecule has 3 aromatic rings. The molecule has 0 fully saturated rings. The summed E-state index contributed by atoms with van der Waals surface area (Å²) in [5, 5.41) is 0. The van der Waals surface area contributed by atoms with Crippen LogP contribution in [0.1, 0.15) is 24.4 Å². The molecule has 0 saturated carbocycles. The van der Waals surface area contributed by atoms with Crippen molar-refractivity contribution in [2.24, 2.45) is 0 Å². The number of hydrogen-bond acceptors (Lipinski definition) is 4. The van der Waals surface area contributed by atoms with Crippen molar-refractivity contribution in [3.05, 3.63) is 72.0 Å². The Labute approximate surface area is 146 Å². The van der Waals surface area contributed by atoms with E-state index in [1.54, 1.807) is 25.4 Å². The van der Waals surface area contributed by atoms with Crippen molar-refractivity contribution in [1.82, 2.24) is 9.88 Å². The van der Waals surface area contributed by atoms with Crippen LogP contribution in [0, 0.1) is 5.82 Å². The zero-order valence-electron chi connectivity index (χ0n) is 14.6. The van der Waals surface area contributed by atoms with E-state index in [-0.39, 0.29) is 11.9 Å². The predicted molar refractivity (Wildman–Crippen MR) is 94.8 cm³/mol. The summed E-state index contributed by atoms with van der Waals surface area (Å²) in [4.78, 5) is 6.48. The molecule has 0 saturated heterocycles. The number of nitrogens with zero attached hydrogens (tertiary/aromatic N) is 2. The molecule has 0 radical (unpaired) electrons. The summed E-state index contributed by atoms with van der Waals surface area (Å²) in [6, 6.07) is 14.3. The monoisotopic (exact) mass is 340 g/mol. The van der Waals surface area contributed by atoms with E-state index >= 15 is 0 Å². The molecule has 0 amide bonds. The van der Waals surface area contributed by atoms with E-state index in [4.69, 9.17) is 9.15 Å². The molecule has 3 rings (SSSR count). The van der Waals surface area contributed by atoms with Gasteiger partial charge in [-0.3, -0.25) is 4.90 Å². The SMILES string of the molecule is COc1ccccc1[C@H](C)N(C)Cc1ncc(-c2ccc(F)cc2)o1. The maximum absolute atomic E-state index is 13.0. The van der Waals surface area contributed by atoms with Crippen LogP contribution in [0.2, 0.25) is 0 Å². The first-order valence-electron chi connectivity index (χ1n) is 8.12. The van der Waals surface area contributed by atoms with Crippen LogP contribution in [0.15, 0.2) is 59.1 Å². The van der Waals surface area contributed by atoms with Crippen LogP contribution in [0.3, 0.4) is 0 Å². The predicted octanol–water partition coefficient (Wildman–Crippen LogP) is 4.68. The summed E-state index contributed by atoms with van der Waals surface area (Å²) in [6.45, 7) is 2.67. The van der Waals surface area contributed by atoms with Crippen LogP contribution < -0.4 is 4.74 Å². The summed E-state index contributed by atoms with van der Waals surface area (Å²) in [7, 11) is 3.69. The molecule has 0 unspecified atom stereocenters. The topological polar surface area (TPSA) is 38.5 Å². The lowest BCUT2D eigenvalue weighted by atomic mass is 10.1. The highest BCUT2D eigenvalue weighted by molar-refractivity contribution is 5.55. The number of aromatic nitrogens is 1. The first-order chi connectivity index (χ1) is 12.1. The number of hydrogen-bond donors (Lipinski definition) is 0. The Bertz CT molecular complexity index is 830. The van der Waals surface area contributed by atoms with E-state index in [1.807, 2.05) is 25.2 Å². The maximum atomic E-state index is 13.0. The molecule has 25 heavy (non-hydrogen) atoms. The second-order valence-electron chi connectivity index (χ2n) is 5.96. The van der Waals surface area contributed by atoms with Crippen LogP contribution in [0.4, 0.5) is 4.39 Å². The molecule has 1 aromatic heterocycles. The number of ether oxygens (including phenoxy) is 1. The largest absolute Gasteiger partial charge is 0.496 e. The molecule has 0 bridgehead atoms. The summed E-state index contributed by atoms with van der Waals surface area (Å²) in [5.74, 6) is 1.84. The van der Waals surface area contributed by atoms with Gasteiger partial charge in [-0.15, -0.1) is 0 Å². The van der Waals surface area contributed by atoms with Crippen molar-refractivity contribution < 1.29 is 13.5 Å². The summed E-state index contributed by atoms with van der Waals surface area (Å²) in [5.41, 5.74) is 1.92. The average molecular weight is 340 g/mol. The highest BCUT2D eigenvalue weighted by Crippen LogP contribution is 2.29. The first-order valence-corrected chi connectivity index (χ1v) is 8.12. The van der Waals surface area contributed by atoms with Crippen molar-refractivity contribution >= 4 is 0 Å². The molecule has 5 heteroatoms. The van der Waals surface area contributed by atoms with E-state index in [0.29, 0.717) is 18.2 Å². The summed E-state index contributed by atoms with van der Waals surface area (Å²) >= 11 is 0. The lowest BCUT2D eigenvalue weighted by Crippen LogP contribution is -2.22. The Morgan fingerprint density at radius 1 is 1.16 bits per heavy atom. The Kier molecular flexibility index (Phi) is 5.14. The van der Waals surface area contributed by atoms with Crippen molar-refractivity contribution in [1.29, 1.82) is 0 Å². The molecule has 130 valence electrons. The first kappa shape index (κ1) is 17.2. The van der Waals surface area contributed by atoms with Gasteiger partial charge in [-0.05, 0) is 44.3 Å². The Morgan fingerprint density at radius 3 is 2.60 bits per heavy atom. The number of halogens is 1. The minimum Gasteiger partial charge on any atom is -0.496 e. The fourth-order valence-corrected chi connectivity index (χ4v) is 2.73. The van der Waals surface area contributed by atoms with Crippen LogP contribution in [0.5, 0.6) is 5.75 Å². The number of para-hydroxylation sites is 1. The van der Waals surface area contributed by atoms with Crippen molar-refractivity contribution in [3.63, 3.8) is 0 Å². The zero-order chi connectivity index (χ0) is 17.8. The van der Waals surface area contributed by atoms with Gasteiger partial charge in [0.15, 0.2) is 5.76 Å². The number of rotatable bonds is 6. The second-order valence-corrected chi connectivity index (χ2v) is 5.96. The second kappa shape index (κ2) is 7.49. The van der Waals surface area contributed by atoms with Gasteiger partial charge in [0, 0.05) is 17.2 Å². The van der Waals surface area contributed by atoms with E-state index in [1.165, 1.54) is 12.1 Å². The van der Waals surface area contributed by atoms with Crippen LogP contribution in [-0.4, -0.2) is 24.0 Å². The summed E-state index contributed by atoms with van der Waals surface area (Å²) in [6.07, 6.45) is 1.67. The van der Waals surface area contributed by atoms with Gasteiger partial charge >= 0.3 is 0 Å². The Morgan fingerprint density at radius 2 is 1.88 bits per heavy atom. The smallest absolute Gasteiger partial charge is 0.209 e. The molecule has 0 aliphatic heterocycles. The molecule has 2 aromatic carbocycles. The fraction of sp³-hybridized carbons (Fsp3) is 0.250. The quantitative estimate of drug-likeness (QED) is 0.653. The highest BCUT2D eigenvalue weighted by atomic mass is 19.1. The van der Waals surface area contributed by atoms with Gasteiger partial charge < -0.3 is 9.15 Å². The lowest BCUT2D eigenvalue weighted by Gasteiger charge is -2.25. The lowest BCUT2D eigenvalue weighted by molar-refractivity contribution is 0.224. The number of methoxy groups -OCH3 is 1. The van der Waals surface area contributed by atoms with E-state index < -0.39 is 0 Å². The minimum atomic E-state index is -0.270. The third-order valence-electron chi connectivity index (χ3n) is 4.32. The van der Waals surface area contributed by atoms with Gasteiger partial charge in [0.05, 0.1) is 19.9 Å². The van der Waals surface area contributed by atoms with E-state index in [0.717, 1.165) is 16.9 Å². The van der Waals surface area contributed by atoms with Gasteiger partial charge in [0.1, 0.15) is 11.6 Å². The maximum Gasteiger partial charge on any atom is 0.209 e. The minimum absolute atomic E-state index is 0.136. The van der Waals surface area contributed by atoms with E-state index in [2.05, 4.69) is 22.9 Å². The Hall–Kier alpha value is -2.66. The third-order valence-corrected chi connectivity index (χ3v) is 4.32. The molecule has 0 spiro atoms. The van der Waals surface area contributed by atoms with Gasteiger partial charge in [0.25, 0.3) is 0 Å². The van der Waals surface area contributed by atoms with Gasteiger partial charge in [-0.2, -0.15) is 0 Å². The van der Waals surface area contributed by atoms with Crippen molar-refractivity contribution in [2.75, 3.05) is 14.2 Å². The van der Waals surface area contributed by atoms with Crippen LogP contribution in [-0.2, 0) is 6.54 Å². The molecular weight excluding hydrogens is 319 g/mol. The number of benzene rings is 2. The molecule has 0 N–H and O–H groups in total. The Balaban J connectivity index is 1.73. The third kappa shape index (κ3) is 3.88. The molecule has 1 atom stereocenters. The van der Waals surface area contributed by atoms with Crippen LogP contribution in [0.25, 0.3) is 11.3 Å². The van der Waals surface area contributed by atoms with Crippen molar-refractivity contribution in [2.45, 2.75) is 19.5 Å². The fourth-order valence-electron chi connectivity index (χ4n) is 2.73. The van der Waals surface area contributed by atoms with Gasteiger partial charge in [0.2, 0.25) is 5.89 Å².